The number of rotatable bonds is 5. The topological polar surface area (TPSA) is 21.3 Å². The number of likely N-dealkylation sites (N-methyl/N-ethyl adjacent to an activating group) is 1. The molecule has 20 heavy (non-hydrogen) atoms. The minimum absolute atomic E-state index is 0.0686. The summed E-state index contributed by atoms with van der Waals surface area (Å²) in [5, 5.41) is 3.17. The van der Waals surface area contributed by atoms with Crippen molar-refractivity contribution in [2.75, 3.05) is 14.2 Å². The van der Waals surface area contributed by atoms with E-state index in [9.17, 15) is 4.39 Å². The maximum Gasteiger partial charge on any atom is 0.142 e. The number of hydrogen-bond acceptors (Lipinski definition) is 2. The zero-order valence-corrected chi connectivity index (χ0v) is 13.1. The molecule has 2 aromatic carbocycles. The van der Waals surface area contributed by atoms with Crippen molar-refractivity contribution in [2.45, 2.75) is 12.5 Å². The highest BCUT2D eigenvalue weighted by Crippen LogP contribution is 2.26. The van der Waals surface area contributed by atoms with E-state index in [1.807, 2.05) is 43.4 Å². The van der Waals surface area contributed by atoms with Gasteiger partial charge in [-0.25, -0.2) is 4.39 Å². The van der Waals surface area contributed by atoms with Crippen molar-refractivity contribution < 1.29 is 9.13 Å². The van der Waals surface area contributed by atoms with E-state index in [4.69, 9.17) is 4.74 Å². The second kappa shape index (κ2) is 6.86. The third-order valence-electron chi connectivity index (χ3n) is 3.30. The smallest absolute Gasteiger partial charge is 0.142 e. The van der Waals surface area contributed by atoms with Crippen LogP contribution in [-0.4, -0.2) is 14.2 Å². The predicted molar refractivity (Wildman–Crippen MR) is 82.6 cm³/mol. The fourth-order valence-corrected chi connectivity index (χ4v) is 2.54. The van der Waals surface area contributed by atoms with Crippen LogP contribution >= 0.6 is 15.9 Å². The Hall–Kier alpha value is -1.39. The Morgan fingerprint density at radius 1 is 1.20 bits per heavy atom. The number of nitrogens with one attached hydrogen (secondary N) is 1. The summed E-state index contributed by atoms with van der Waals surface area (Å²) < 4.78 is 19.8. The first-order valence-corrected chi connectivity index (χ1v) is 7.19. The molecule has 0 saturated carbocycles. The molecule has 0 bridgehead atoms. The number of hydrogen-bond donors (Lipinski definition) is 1. The Bertz CT molecular complexity index is 571. The average Bonchev–Trinajstić information content (AvgIpc) is 2.48. The largest absolute Gasteiger partial charge is 0.497 e. The van der Waals surface area contributed by atoms with E-state index >= 15 is 0 Å². The molecule has 0 fully saturated rings. The van der Waals surface area contributed by atoms with Crippen LogP contribution in [0.15, 0.2) is 46.9 Å². The second-order valence-electron chi connectivity index (χ2n) is 4.54. The van der Waals surface area contributed by atoms with Crippen LogP contribution < -0.4 is 10.1 Å². The van der Waals surface area contributed by atoms with E-state index < -0.39 is 0 Å². The molecule has 2 rings (SSSR count). The van der Waals surface area contributed by atoms with Gasteiger partial charge in [-0.3, -0.25) is 0 Å². The fraction of sp³-hybridized carbons (Fsp3) is 0.250. The first-order chi connectivity index (χ1) is 9.65. The standard InChI is InChI=1S/C16H17BrFNO/c1-19-15(13-4-3-5-14(17)16(13)18)10-11-6-8-12(20-2)9-7-11/h3-9,15,19H,10H2,1-2H3. The van der Waals surface area contributed by atoms with Crippen molar-refractivity contribution in [3.63, 3.8) is 0 Å². The molecule has 1 unspecified atom stereocenters. The van der Waals surface area contributed by atoms with Gasteiger partial charge >= 0.3 is 0 Å². The zero-order valence-electron chi connectivity index (χ0n) is 11.5. The molecule has 2 nitrogen and oxygen atoms in total. The van der Waals surface area contributed by atoms with Gasteiger partial charge < -0.3 is 10.1 Å². The Labute approximate surface area is 127 Å². The highest BCUT2D eigenvalue weighted by Gasteiger charge is 2.16. The molecule has 1 N–H and O–H groups in total. The molecule has 0 aliphatic carbocycles. The fourth-order valence-electron chi connectivity index (χ4n) is 2.15. The van der Waals surface area contributed by atoms with Crippen molar-refractivity contribution >= 4 is 15.9 Å². The van der Waals surface area contributed by atoms with Gasteiger partial charge in [0.15, 0.2) is 0 Å². The maximum absolute atomic E-state index is 14.2. The summed E-state index contributed by atoms with van der Waals surface area (Å²) in [4.78, 5) is 0. The van der Waals surface area contributed by atoms with Crippen molar-refractivity contribution in [1.29, 1.82) is 0 Å². The van der Waals surface area contributed by atoms with E-state index in [1.54, 1.807) is 13.2 Å². The van der Waals surface area contributed by atoms with Crippen molar-refractivity contribution in [1.82, 2.24) is 5.32 Å². The van der Waals surface area contributed by atoms with Gasteiger partial charge in [-0.2, -0.15) is 0 Å². The summed E-state index contributed by atoms with van der Waals surface area (Å²) in [5.74, 6) is 0.615. The summed E-state index contributed by atoms with van der Waals surface area (Å²) in [6.45, 7) is 0. The van der Waals surface area contributed by atoms with Gasteiger partial charge in [-0.15, -0.1) is 0 Å². The first kappa shape index (κ1) is 15.0. The average molecular weight is 338 g/mol. The van der Waals surface area contributed by atoms with Crippen LogP contribution in [0.3, 0.4) is 0 Å². The van der Waals surface area contributed by atoms with Crippen LogP contribution in [0.2, 0.25) is 0 Å². The summed E-state index contributed by atoms with van der Waals surface area (Å²) in [7, 11) is 3.48. The quantitative estimate of drug-likeness (QED) is 0.886. The molecular formula is C16H17BrFNO. The van der Waals surface area contributed by atoms with Gasteiger partial charge in [-0.1, -0.05) is 24.3 Å². The summed E-state index contributed by atoms with van der Waals surface area (Å²) in [6.07, 6.45) is 0.716. The molecule has 1 atom stereocenters. The lowest BCUT2D eigenvalue weighted by atomic mass is 9.98. The molecule has 0 amide bonds. The maximum atomic E-state index is 14.2. The van der Waals surface area contributed by atoms with E-state index in [-0.39, 0.29) is 11.9 Å². The van der Waals surface area contributed by atoms with Crippen molar-refractivity contribution in [3.8, 4) is 5.75 Å². The monoisotopic (exact) mass is 337 g/mol. The molecule has 0 aliphatic rings. The Balaban J connectivity index is 2.21. The third kappa shape index (κ3) is 3.38. The summed E-state index contributed by atoms with van der Waals surface area (Å²) in [5.41, 5.74) is 1.79. The molecule has 0 spiro atoms. The first-order valence-electron chi connectivity index (χ1n) is 6.39. The minimum Gasteiger partial charge on any atom is -0.497 e. The number of methoxy groups -OCH3 is 1. The van der Waals surface area contributed by atoms with Crippen molar-refractivity contribution in [3.05, 3.63) is 63.9 Å². The molecule has 0 heterocycles. The van der Waals surface area contributed by atoms with Gasteiger partial charge in [0, 0.05) is 11.6 Å². The van der Waals surface area contributed by atoms with E-state index in [1.165, 1.54) is 0 Å². The molecule has 106 valence electrons. The van der Waals surface area contributed by atoms with E-state index in [2.05, 4.69) is 21.2 Å². The van der Waals surface area contributed by atoms with Crippen LogP contribution in [0.25, 0.3) is 0 Å². The number of halogens is 2. The van der Waals surface area contributed by atoms with Crippen molar-refractivity contribution in [2.24, 2.45) is 0 Å². The predicted octanol–water partition coefficient (Wildman–Crippen LogP) is 4.10. The molecule has 0 radical (unpaired) electrons. The molecule has 2 aromatic rings. The van der Waals surface area contributed by atoms with Gasteiger partial charge in [-0.05, 0) is 53.2 Å². The van der Waals surface area contributed by atoms with E-state index in [0.29, 0.717) is 16.5 Å². The lowest BCUT2D eigenvalue weighted by Crippen LogP contribution is -2.20. The number of ether oxygens (including phenoxy) is 1. The van der Waals surface area contributed by atoms with Gasteiger partial charge in [0.1, 0.15) is 11.6 Å². The zero-order chi connectivity index (χ0) is 14.5. The highest BCUT2D eigenvalue weighted by molar-refractivity contribution is 9.10. The number of benzene rings is 2. The molecule has 4 heteroatoms. The highest BCUT2D eigenvalue weighted by atomic mass is 79.9. The van der Waals surface area contributed by atoms with Gasteiger partial charge in [0.05, 0.1) is 11.6 Å². The Morgan fingerprint density at radius 3 is 2.50 bits per heavy atom. The lowest BCUT2D eigenvalue weighted by Gasteiger charge is -2.18. The normalized spacial score (nSPS) is 12.2. The third-order valence-corrected chi connectivity index (χ3v) is 3.92. The SMILES string of the molecule is CNC(Cc1ccc(OC)cc1)c1cccc(Br)c1F. The van der Waals surface area contributed by atoms with Crippen LogP contribution in [0.1, 0.15) is 17.2 Å². The second-order valence-corrected chi connectivity index (χ2v) is 5.39. The molecule has 0 saturated heterocycles. The van der Waals surface area contributed by atoms with Gasteiger partial charge in [0.25, 0.3) is 0 Å². The lowest BCUT2D eigenvalue weighted by molar-refractivity contribution is 0.414. The van der Waals surface area contributed by atoms with Crippen LogP contribution in [0.4, 0.5) is 4.39 Å². The molecule has 0 aliphatic heterocycles. The molecular weight excluding hydrogens is 321 g/mol. The Kier molecular flexibility index (Phi) is 5.15. The summed E-state index contributed by atoms with van der Waals surface area (Å²) >= 11 is 3.23. The molecule has 0 aromatic heterocycles. The Morgan fingerprint density at radius 2 is 1.90 bits per heavy atom. The van der Waals surface area contributed by atoms with Crippen LogP contribution in [0.5, 0.6) is 5.75 Å². The van der Waals surface area contributed by atoms with Crippen LogP contribution in [0, 0.1) is 5.82 Å². The minimum atomic E-state index is -0.208. The van der Waals surface area contributed by atoms with Gasteiger partial charge in [0.2, 0.25) is 0 Å². The summed E-state index contributed by atoms with van der Waals surface area (Å²) in [6, 6.07) is 13.1. The van der Waals surface area contributed by atoms with Crippen LogP contribution in [-0.2, 0) is 6.42 Å². The van der Waals surface area contributed by atoms with E-state index in [0.717, 1.165) is 11.3 Å².